The number of halogens is 3. The van der Waals surface area contributed by atoms with E-state index < -0.39 is 23.2 Å². The Labute approximate surface area is 165 Å². The third kappa shape index (κ3) is 4.61. The quantitative estimate of drug-likeness (QED) is 0.781. The lowest BCUT2D eigenvalue weighted by Crippen LogP contribution is -2.49. The Morgan fingerprint density at radius 2 is 1.90 bits per heavy atom. The van der Waals surface area contributed by atoms with Crippen LogP contribution in [0.1, 0.15) is 25.3 Å². The molecular formula is C20H19F3N2O4. The van der Waals surface area contributed by atoms with E-state index in [1.165, 1.54) is 37.4 Å². The average Bonchev–Trinajstić information content (AvgIpc) is 3.02. The Morgan fingerprint density at radius 3 is 2.52 bits per heavy atom. The van der Waals surface area contributed by atoms with Gasteiger partial charge in [0.05, 0.1) is 18.4 Å². The molecular weight excluding hydrogens is 389 g/mol. The number of hydrogen-bond acceptors (Lipinski definition) is 4. The number of ether oxygens (including phenoxy) is 2. The van der Waals surface area contributed by atoms with Gasteiger partial charge in [0.15, 0.2) is 0 Å². The van der Waals surface area contributed by atoms with Crippen LogP contribution in [0.15, 0.2) is 42.5 Å². The molecule has 0 spiro atoms. The van der Waals surface area contributed by atoms with Crippen LogP contribution in [0.5, 0.6) is 17.2 Å². The first-order chi connectivity index (χ1) is 13.6. The van der Waals surface area contributed by atoms with Gasteiger partial charge < -0.3 is 20.1 Å². The third-order valence-electron chi connectivity index (χ3n) is 4.58. The molecule has 1 heterocycles. The van der Waals surface area contributed by atoms with E-state index in [2.05, 4.69) is 10.6 Å². The van der Waals surface area contributed by atoms with Gasteiger partial charge >= 0.3 is 6.18 Å². The van der Waals surface area contributed by atoms with E-state index in [1.54, 1.807) is 6.92 Å². The van der Waals surface area contributed by atoms with E-state index in [0.717, 1.165) is 12.1 Å². The molecule has 1 aliphatic heterocycles. The lowest BCUT2D eigenvalue weighted by Gasteiger charge is -2.23. The van der Waals surface area contributed by atoms with Crippen molar-refractivity contribution < 1.29 is 32.2 Å². The van der Waals surface area contributed by atoms with Crippen LogP contribution in [0, 0.1) is 0 Å². The van der Waals surface area contributed by atoms with Crippen molar-refractivity contribution >= 4 is 17.5 Å². The Kier molecular flexibility index (Phi) is 5.41. The second-order valence-electron chi connectivity index (χ2n) is 6.82. The predicted octanol–water partition coefficient (Wildman–Crippen LogP) is 4.11. The summed E-state index contributed by atoms with van der Waals surface area (Å²) in [4.78, 5) is 24.1. The van der Waals surface area contributed by atoms with Gasteiger partial charge in [-0.15, -0.1) is 0 Å². The van der Waals surface area contributed by atoms with Crippen LogP contribution in [0.25, 0.3) is 0 Å². The molecule has 0 aromatic heterocycles. The molecule has 1 unspecified atom stereocenters. The largest absolute Gasteiger partial charge is 0.495 e. The van der Waals surface area contributed by atoms with Gasteiger partial charge in [0, 0.05) is 12.5 Å². The minimum Gasteiger partial charge on any atom is -0.495 e. The Morgan fingerprint density at radius 1 is 1.17 bits per heavy atom. The highest BCUT2D eigenvalue weighted by molar-refractivity contribution is 6.03. The maximum Gasteiger partial charge on any atom is 0.416 e. The van der Waals surface area contributed by atoms with Crippen molar-refractivity contribution in [2.75, 3.05) is 12.4 Å². The summed E-state index contributed by atoms with van der Waals surface area (Å²) in [6.45, 7) is 1.61. The fourth-order valence-corrected chi connectivity index (χ4v) is 2.95. The molecule has 9 heteroatoms. The number of carbonyl (C=O) groups is 2. The van der Waals surface area contributed by atoms with Crippen LogP contribution in [0.3, 0.4) is 0 Å². The molecule has 0 saturated carbocycles. The van der Waals surface area contributed by atoms with Gasteiger partial charge in [0.2, 0.25) is 11.8 Å². The van der Waals surface area contributed by atoms with Gasteiger partial charge in [-0.05, 0) is 43.7 Å². The molecule has 1 fully saturated rings. The van der Waals surface area contributed by atoms with Gasteiger partial charge in [0.1, 0.15) is 22.8 Å². The van der Waals surface area contributed by atoms with Crippen molar-refractivity contribution in [1.82, 2.24) is 5.32 Å². The van der Waals surface area contributed by atoms with Gasteiger partial charge in [0.25, 0.3) is 0 Å². The highest BCUT2D eigenvalue weighted by Crippen LogP contribution is 2.35. The molecule has 1 saturated heterocycles. The zero-order valence-electron chi connectivity index (χ0n) is 15.7. The summed E-state index contributed by atoms with van der Waals surface area (Å²) in [5.74, 6) is -0.102. The number of rotatable bonds is 5. The van der Waals surface area contributed by atoms with Crippen LogP contribution in [-0.4, -0.2) is 24.5 Å². The average molecular weight is 408 g/mol. The highest BCUT2D eigenvalue weighted by Gasteiger charge is 2.40. The standard InChI is InChI=1S/C20H19F3N2O4/c1-19(9-8-17(26)25-19)18(27)24-15-11-14(6-7-16(15)28-2)29-13-5-3-4-12(10-13)20(21,22)23/h3-7,10-11H,8-9H2,1-2H3,(H,24,27)(H,25,26). The number of amides is 2. The SMILES string of the molecule is COc1ccc(Oc2cccc(C(F)(F)F)c2)cc1NC(=O)C1(C)CCC(=O)N1. The number of anilines is 1. The summed E-state index contributed by atoms with van der Waals surface area (Å²) < 4.78 is 49.4. The van der Waals surface area contributed by atoms with Crippen molar-refractivity contribution in [1.29, 1.82) is 0 Å². The summed E-state index contributed by atoms with van der Waals surface area (Å²) in [5.41, 5.74) is -1.62. The normalized spacial score (nSPS) is 18.9. The van der Waals surface area contributed by atoms with E-state index in [0.29, 0.717) is 12.2 Å². The molecule has 0 radical (unpaired) electrons. The van der Waals surface area contributed by atoms with Crippen LogP contribution < -0.4 is 20.1 Å². The van der Waals surface area contributed by atoms with Crippen molar-refractivity contribution in [3.8, 4) is 17.2 Å². The highest BCUT2D eigenvalue weighted by atomic mass is 19.4. The van der Waals surface area contributed by atoms with Crippen LogP contribution in [0.2, 0.25) is 0 Å². The van der Waals surface area contributed by atoms with E-state index >= 15 is 0 Å². The van der Waals surface area contributed by atoms with Gasteiger partial charge in [-0.25, -0.2) is 0 Å². The van der Waals surface area contributed by atoms with E-state index in [1.807, 2.05) is 0 Å². The summed E-state index contributed by atoms with van der Waals surface area (Å²) in [5, 5.41) is 5.32. The first-order valence-corrected chi connectivity index (χ1v) is 8.76. The number of benzene rings is 2. The van der Waals surface area contributed by atoms with Gasteiger partial charge in [-0.3, -0.25) is 9.59 Å². The number of carbonyl (C=O) groups excluding carboxylic acids is 2. The first-order valence-electron chi connectivity index (χ1n) is 8.76. The van der Waals surface area contributed by atoms with Crippen molar-refractivity contribution in [3.05, 3.63) is 48.0 Å². The molecule has 29 heavy (non-hydrogen) atoms. The van der Waals surface area contributed by atoms with E-state index in [4.69, 9.17) is 9.47 Å². The molecule has 2 amide bonds. The minimum atomic E-state index is -4.49. The summed E-state index contributed by atoms with van der Waals surface area (Å²) >= 11 is 0. The van der Waals surface area contributed by atoms with Crippen LogP contribution >= 0.6 is 0 Å². The molecule has 2 aromatic carbocycles. The Balaban J connectivity index is 1.82. The monoisotopic (exact) mass is 408 g/mol. The summed E-state index contributed by atoms with van der Waals surface area (Å²) in [6, 6.07) is 8.95. The van der Waals surface area contributed by atoms with E-state index in [-0.39, 0.29) is 29.5 Å². The molecule has 0 bridgehead atoms. The molecule has 3 rings (SSSR count). The van der Waals surface area contributed by atoms with Crippen molar-refractivity contribution in [2.24, 2.45) is 0 Å². The second kappa shape index (κ2) is 7.65. The van der Waals surface area contributed by atoms with Crippen LogP contribution in [0.4, 0.5) is 18.9 Å². The predicted molar refractivity (Wildman–Crippen MR) is 98.9 cm³/mol. The van der Waals surface area contributed by atoms with E-state index in [9.17, 15) is 22.8 Å². The van der Waals surface area contributed by atoms with Gasteiger partial charge in [-0.2, -0.15) is 13.2 Å². The Hall–Kier alpha value is -3.23. The lowest BCUT2D eigenvalue weighted by molar-refractivity contribution is -0.137. The topological polar surface area (TPSA) is 76.7 Å². The zero-order valence-corrected chi connectivity index (χ0v) is 15.7. The van der Waals surface area contributed by atoms with Crippen molar-refractivity contribution in [3.63, 3.8) is 0 Å². The molecule has 1 atom stereocenters. The van der Waals surface area contributed by atoms with Gasteiger partial charge in [-0.1, -0.05) is 6.07 Å². The number of nitrogens with one attached hydrogen (secondary N) is 2. The summed E-state index contributed by atoms with van der Waals surface area (Å²) in [6.07, 6.45) is -3.89. The van der Waals surface area contributed by atoms with Crippen LogP contribution in [-0.2, 0) is 15.8 Å². The number of alkyl halides is 3. The first kappa shape index (κ1) is 20.5. The summed E-state index contributed by atoms with van der Waals surface area (Å²) in [7, 11) is 1.41. The third-order valence-corrected chi connectivity index (χ3v) is 4.58. The maximum atomic E-state index is 12.9. The fraction of sp³-hybridized carbons (Fsp3) is 0.300. The number of methoxy groups -OCH3 is 1. The minimum absolute atomic E-state index is 0.00251. The molecule has 154 valence electrons. The molecule has 2 aromatic rings. The fourth-order valence-electron chi connectivity index (χ4n) is 2.95. The molecule has 0 aliphatic carbocycles. The molecule has 1 aliphatic rings. The molecule has 6 nitrogen and oxygen atoms in total. The molecule has 2 N–H and O–H groups in total. The lowest BCUT2D eigenvalue weighted by atomic mass is 9.99. The Bertz CT molecular complexity index is 946. The smallest absolute Gasteiger partial charge is 0.416 e. The maximum absolute atomic E-state index is 12.9. The zero-order chi connectivity index (χ0) is 21.2. The second-order valence-corrected chi connectivity index (χ2v) is 6.82. The van der Waals surface area contributed by atoms with Crippen molar-refractivity contribution in [2.45, 2.75) is 31.5 Å². The number of hydrogen-bond donors (Lipinski definition) is 2.